The second-order valence-corrected chi connectivity index (χ2v) is 7.07. The van der Waals surface area contributed by atoms with E-state index in [1.165, 1.54) is 36.1 Å². The van der Waals surface area contributed by atoms with Crippen molar-refractivity contribution in [2.24, 2.45) is 5.92 Å². The molecule has 2 saturated heterocycles. The third-order valence-electron chi connectivity index (χ3n) is 5.13. The van der Waals surface area contributed by atoms with Crippen molar-refractivity contribution in [2.75, 3.05) is 18.9 Å². The number of aromatic nitrogens is 1. The fourth-order valence-electron chi connectivity index (χ4n) is 3.94. The molecule has 1 aromatic carbocycles. The minimum atomic E-state index is 0.824. The maximum absolute atomic E-state index is 4.51. The van der Waals surface area contributed by atoms with Crippen LogP contribution in [-0.4, -0.2) is 34.9 Å². The summed E-state index contributed by atoms with van der Waals surface area (Å²) in [6.45, 7) is 1.10. The molecule has 0 saturated carbocycles. The van der Waals surface area contributed by atoms with Gasteiger partial charge in [0.1, 0.15) is 5.00 Å². The number of benzene rings is 1. The fourth-order valence-corrected chi connectivity index (χ4v) is 4.71. The maximum Gasteiger partial charge on any atom is 0.117 e. The topological polar surface area (TPSA) is 28.2 Å². The molecule has 2 fully saturated rings. The molecule has 0 aliphatic carbocycles. The van der Waals surface area contributed by atoms with Gasteiger partial charge in [-0.15, -0.1) is 0 Å². The average molecular weight is 287 g/mol. The molecule has 2 atom stereocenters. The lowest BCUT2D eigenvalue weighted by molar-refractivity contribution is 0.139. The highest BCUT2D eigenvalue weighted by Crippen LogP contribution is 2.38. The first-order valence-electron chi connectivity index (χ1n) is 7.61. The molecule has 2 unspecified atom stereocenters. The van der Waals surface area contributed by atoms with E-state index < -0.39 is 0 Å². The summed E-state index contributed by atoms with van der Waals surface area (Å²) >= 11 is 1.60. The monoisotopic (exact) mass is 287 g/mol. The van der Waals surface area contributed by atoms with Crippen molar-refractivity contribution in [3.63, 3.8) is 0 Å². The lowest BCUT2D eigenvalue weighted by Gasteiger charge is -2.36. The first-order chi connectivity index (χ1) is 9.81. The zero-order valence-electron chi connectivity index (χ0n) is 11.9. The van der Waals surface area contributed by atoms with Gasteiger partial charge in [-0.2, -0.15) is 4.37 Å². The molecule has 0 radical (unpaired) electrons. The second-order valence-electron chi connectivity index (χ2n) is 6.30. The van der Waals surface area contributed by atoms with E-state index in [1.54, 1.807) is 11.5 Å². The molecule has 2 bridgehead atoms. The van der Waals surface area contributed by atoms with E-state index in [-0.39, 0.29) is 0 Å². The first kappa shape index (κ1) is 12.6. The van der Waals surface area contributed by atoms with Crippen LogP contribution in [-0.2, 0) is 0 Å². The lowest BCUT2D eigenvalue weighted by atomic mass is 9.91. The Hall–Kier alpha value is -1.13. The van der Waals surface area contributed by atoms with Gasteiger partial charge in [-0.3, -0.25) is 0 Å². The first-order valence-corrected chi connectivity index (χ1v) is 8.39. The zero-order valence-corrected chi connectivity index (χ0v) is 12.7. The van der Waals surface area contributed by atoms with Crippen molar-refractivity contribution in [1.82, 2.24) is 9.27 Å². The SMILES string of the molecule is CN1C2CCC1CC(CNc1snc3ccccc13)C2. The number of hydrogen-bond donors (Lipinski definition) is 1. The Morgan fingerprint density at radius 3 is 2.80 bits per heavy atom. The van der Waals surface area contributed by atoms with Crippen LogP contribution in [0, 0.1) is 5.92 Å². The summed E-state index contributed by atoms with van der Waals surface area (Å²) in [6, 6.07) is 10.1. The largest absolute Gasteiger partial charge is 0.375 e. The van der Waals surface area contributed by atoms with Gasteiger partial charge in [-0.05, 0) is 62.3 Å². The van der Waals surface area contributed by atoms with Crippen LogP contribution in [0.25, 0.3) is 10.9 Å². The van der Waals surface area contributed by atoms with Crippen molar-refractivity contribution >= 4 is 27.4 Å². The van der Waals surface area contributed by atoms with Crippen molar-refractivity contribution in [3.8, 4) is 0 Å². The van der Waals surface area contributed by atoms with E-state index in [4.69, 9.17) is 0 Å². The van der Waals surface area contributed by atoms with E-state index in [0.717, 1.165) is 30.1 Å². The minimum Gasteiger partial charge on any atom is -0.375 e. The van der Waals surface area contributed by atoms with Crippen LogP contribution in [0.4, 0.5) is 5.00 Å². The Morgan fingerprint density at radius 2 is 2.00 bits per heavy atom. The van der Waals surface area contributed by atoms with Crippen LogP contribution in [0.2, 0.25) is 0 Å². The summed E-state index contributed by atoms with van der Waals surface area (Å²) in [6.07, 6.45) is 5.52. The third-order valence-corrected chi connectivity index (χ3v) is 5.97. The normalized spacial score (nSPS) is 29.9. The molecule has 2 aromatic rings. The number of hydrogen-bond acceptors (Lipinski definition) is 4. The van der Waals surface area contributed by atoms with Crippen LogP contribution < -0.4 is 5.32 Å². The summed E-state index contributed by atoms with van der Waals surface area (Å²) in [4.78, 5) is 2.61. The minimum absolute atomic E-state index is 0.824. The highest BCUT2D eigenvalue weighted by Gasteiger charge is 2.38. The smallest absolute Gasteiger partial charge is 0.117 e. The van der Waals surface area contributed by atoms with E-state index in [2.05, 4.69) is 45.9 Å². The fraction of sp³-hybridized carbons (Fsp3) is 0.562. The van der Waals surface area contributed by atoms with Crippen molar-refractivity contribution in [3.05, 3.63) is 24.3 Å². The predicted molar refractivity (Wildman–Crippen MR) is 85.4 cm³/mol. The van der Waals surface area contributed by atoms with E-state index in [9.17, 15) is 0 Å². The van der Waals surface area contributed by atoms with Gasteiger partial charge in [0.25, 0.3) is 0 Å². The van der Waals surface area contributed by atoms with Gasteiger partial charge in [0, 0.05) is 24.0 Å². The average Bonchev–Trinajstić information content (AvgIpc) is 2.95. The van der Waals surface area contributed by atoms with Crippen LogP contribution >= 0.6 is 11.5 Å². The number of nitrogens with one attached hydrogen (secondary N) is 1. The molecule has 1 N–H and O–H groups in total. The zero-order chi connectivity index (χ0) is 13.5. The van der Waals surface area contributed by atoms with E-state index >= 15 is 0 Å². The standard InChI is InChI=1S/C16H21N3S/c1-19-12-6-7-13(19)9-11(8-12)10-17-16-14-4-2-3-5-15(14)18-20-16/h2-5,11-13,17H,6-10H2,1H3. The number of rotatable bonds is 3. The number of nitrogens with zero attached hydrogens (tertiary/aromatic N) is 2. The second kappa shape index (κ2) is 5.01. The third kappa shape index (κ3) is 2.11. The molecule has 3 nitrogen and oxygen atoms in total. The highest BCUT2D eigenvalue weighted by atomic mass is 32.1. The van der Waals surface area contributed by atoms with Gasteiger partial charge >= 0.3 is 0 Å². The summed E-state index contributed by atoms with van der Waals surface area (Å²) < 4.78 is 4.51. The van der Waals surface area contributed by atoms with Crippen LogP contribution in [0.1, 0.15) is 25.7 Å². The van der Waals surface area contributed by atoms with Crippen LogP contribution in [0.5, 0.6) is 0 Å². The van der Waals surface area contributed by atoms with Gasteiger partial charge in [0.05, 0.1) is 5.52 Å². The quantitative estimate of drug-likeness (QED) is 0.935. The Morgan fingerprint density at radius 1 is 1.25 bits per heavy atom. The number of fused-ring (bicyclic) bond motifs is 3. The van der Waals surface area contributed by atoms with Crippen LogP contribution in [0.3, 0.4) is 0 Å². The molecule has 3 heterocycles. The molecule has 1 aromatic heterocycles. The Labute approximate surface area is 124 Å². The van der Waals surface area contributed by atoms with Crippen molar-refractivity contribution in [2.45, 2.75) is 37.8 Å². The summed E-state index contributed by atoms with van der Waals surface area (Å²) in [5.74, 6) is 0.824. The summed E-state index contributed by atoms with van der Waals surface area (Å²) in [5.41, 5.74) is 1.11. The number of anilines is 1. The lowest BCUT2D eigenvalue weighted by Crippen LogP contribution is -2.41. The van der Waals surface area contributed by atoms with Crippen molar-refractivity contribution < 1.29 is 0 Å². The van der Waals surface area contributed by atoms with Crippen LogP contribution in [0.15, 0.2) is 24.3 Å². The molecular formula is C16H21N3S. The van der Waals surface area contributed by atoms with Gasteiger partial charge < -0.3 is 10.2 Å². The number of piperidine rings is 1. The van der Waals surface area contributed by atoms with E-state index in [1.807, 2.05) is 0 Å². The molecule has 0 spiro atoms. The molecule has 4 rings (SSSR count). The summed E-state index contributed by atoms with van der Waals surface area (Å²) in [5, 5.41) is 6.17. The van der Waals surface area contributed by atoms with Crippen molar-refractivity contribution in [1.29, 1.82) is 0 Å². The molecule has 20 heavy (non-hydrogen) atoms. The van der Waals surface area contributed by atoms with Gasteiger partial charge in [0.15, 0.2) is 0 Å². The molecular weight excluding hydrogens is 266 g/mol. The molecule has 2 aliphatic rings. The van der Waals surface area contributed by atoms with Gasteiger partial charge in [0.2, 0.25) is 0 Å². The molecule has 4 heteroatoms. The summed E-state index contributed by atoms with van der Waals surface area (Å²) in [7, 11) is 2.31. The Kier molecular flexibility index (Phi) is 3.15. The maximum atomic E-state index is 4.51. The highest BCUT2D eigenvalue weighted by molar-refractivity contribution is 7.11. The molecule has 2 aliphatic heterocycles. The van der Waals surface area contributed by atoms with Gasteiger partial charge in [-0.1, -0.05) is 12.1 Å². The Balaban J connectivity index is 1.44. The van der Waals surface area contributed by atoms with Gasteiger partial charge in [-0.25, -0.2) is 0 Å². The van der Waals surface area contributed by atoms with E-state index in [0.29, 0.717) is 0 Å². The Bertz CT molecular complexity index is 595. The predicted octanol–water partition coefficient (Wildman–Crippen LogP) is 3.58. The molecule has 106 valence electrons. The molecule has 0 amide bonds.